The Morgan fingerprint density at radius 2 is 1.64 bits per heavy atom. The van der Waals surface area contributed by atoms with Crippen LogP contribution in [-0.2, 0) is 0 Å². The number of furan rings is 1. The van der Waals surface area contributed by atoms with E-state index in [1.165, 1.54) is 6.26 Å². The molecule has 3 rings (SSSR count). The molecule has 0 N–H and O–H groups in total. The van der Waals surface area contributed by atoms with Crippen LogP contribution < -0.4 is 4.74 Å². The summed E-state index contributed by atoms with van der Waals surface area (Å²) in [4.78, 5) is 28.6. The van der Waals surface area contributed by atoms with Gasteiger partial charge in [-0.2, -0.15) is 0 Å². The Bertz CT molecular complexity index is 794. The van der Waals surface area contributed by atoms with Gasteiger partial charge in [-0.15, -0.1) is 0 Å². The second-order valence-electron chi connectivity index (χ2n) is 5.91. The molecular formula is C18H19BrN2O4. The predicted octanol–water partition coefficient (Wildman–Crippen LogP) is 2.96. The highest BCUT2D eigenvalue weighted by Crippen LogP contribution is 2.21. The zero-order chi connectivity index (χ0) is 18.0. The molecule has 25 heavy (non-hydrogen) atoms. The number of nitrogens with zero attached hydrogens (tertiary/aromatic N) is 2. The van der Waals surface area contributed by atoms with Crippen LogP contribution in [0.5, 0.6) is 5.75 Å². The van der Waals surface area contributed by atoms with Crippen LogP contribution in [-0.4, -0.2) is 54.9 Å². The number of carbonyl (C=O) groups is 2. The van der Waals surface area contributed by atoms with Gasteiger partial charge in [0.05, 0.1) is 12.7 Å². The van der Waals surface area contributed by atoms with Gasteiger partial charge in [0.2, 0.25) is 0 Å². The maximum absolute atomic E-state index is 12.7. The van der Waals surface area contributed by atoms with E-state index in [1.54, 1.807) is 35.1 Å². The van der Waals surface area contributed by atoms with E-state index in [-0.39, 0.29) is 11.8 Å². The van der Waals surface area contributed by atoms with Gasteiger partial charge in [0.1, 0.15) is 12.0 Å². The number of amides is 2. The number of carbonyl (C=O) groups excluding carboxylic acids is 2. The molecule has 1 aromatic carbocycles. The smallest absolute Gasteiger partial charge is 0.257 e. The van der Waals surface area contributed by atoms with Crippen molar-refractivity contribution in [3.63, 3.8) is 0 Å². The van der Waals surface area contributed by atoms with Gasteiger partial charge >= 0.3 is 0 Å². The molecular weight excluding hydrogens is 388 g/mol. The third kappa shape index (κ3) is 3.71. The summed E-state index contributed by atoms with van der Waals surface area (Å²) in [6.07, 6.45) is 1.43. The van der Waals surface area contributed by atoms with Crippen LogP contribution in [0.25, 0.3) is 0 Å². The number of rotatable bonds is 3. The van der Waals surface area contributed by atoms with Crippen LogP contribution in [0.4, 0.5) is 0 Å². The maximum Gasteiger partial charge on any atom is 0.257 e. The molecule has 1 saturated heterocycles. The van der Waals surface area contributed by atoms with Crippen LogP contribution >= 0.6 is 15.9 Å². The lowest BCUT2D eigenvalue weighted by Gasteiger charge is -2.34. The number of piperazine rings is 1. The van der Waals surface area contributed by atoms with Crippen LogP contribution in [0.3, 0.4) is 0 Å². The Kier molecular flexibility index (Phi) is 5.13. The molecule has 0 unspecified atom stereocenters. The summed E-state index contributed by atoms with van der Waals surface area (Å²) in [5, 5.41) is 0. The van der Waals surface area contributed by atoms with Crippen molar-refractivity contribution < 1.29 is 18.7 Å². The number of benzene rings is 1. The largest absolute Gasteiger partial charge is 0.496 e. The molecule has 2 heterocycles. The summed E-state index contributed by atoms with van der Waals surface area (Å²) in [6.45, 7) is 3.93. The highest BCUT2D eigenvalue weighted by atomic mass is 79.9. The molecule has 2 amide bonds. The van der Waals surface area contributed by atoms with E-state index in [9.17, 15) is 9.59 Å². The van der Waals surface area contributed by atoms with Gasteiger partial charge in [-0.25, -0.2) is 0 Å². The lowest BCUT2D eigenvalue weighted by Crippen LogP contribution is -2.50. The molecule has 7 heteroatoms. The summed E-state index contributed by atoms with van der Waals surface area (Å²) >= 11 is 3.20. The number of halogens is 1. The van der Waals surface area contributed by atoms with Gasteiger partial charge in [-0.05, 0) is 40.5 Å². The summed E-state index contributed by atoms with van der Waals surface area (Å²) in [7, 11) is 1.59. The fourth-order valence-corrected chi connectivity index (χ4v) is 3.19. The van der Waals surface area contributed by atoms with Crippen molar-refractivity contribution in [2.45, 2.75) is 6.92 Å². The Balaban J connectivity index is 1.64. The van der Waals surface area contributed by atoms with Gasteiger partial charge in [-0.1, -0.05) is 6.07 Å². The Labute approximate surface area is 154 Å². The van der Waals surface area contributed by atoms with E-state index >= 15 is 0 Å². The first-order chi connectivity index (χ1) is 12.0. The minimum atomic E-state index is -0.0847. The molecule has 1 aromatic heterocycles. The summed E-state index contributed by atoms with van der Waals surface area (Å²) in [5.41, 5.74) is 2.09. The van der Waals surface area contributed by atoms with Crippen LogP contribution in [0, 0.1) is 6.92 Å². The lowest BCUT2D eigenvalue weighted by molar-refractivity contribution is 0.0535. The zero-order valence-electron chi connectivity index (χ0n) is 14.1. The molecule has 0 radical (unpaired) electrons. The normalized spacial score (nSPS) is 14.5. The van der Waals surface area contributed by atoms with E-state index in [1.807, 2.05) is 13.0 Å². The second kappa shape index (κ2) is 7.31. The molecule has 2 aromatic rings. The van der Waals surface area contributed by atoms with Crippen molar-refractivity contribution in [1.29, 1.82) is 0 Å². The monoisotopic (exact) mass is 406 g/mol. The van der Waals surface area contributed by atoms with Crippen molar-refractivity contribution in [1.82, 2.24) is 9.80 Å². The molecule has 0 saturated carbocycles. The Morgan fingerprint density at radius 1 is 1.04 bits per heavy atom. The van der Waals surface area contributed by atoms with Crippen LogP contribution in [0.15, 0.2) is 39.6 Å². The third-order valence-electron chi connectivity index (χ3n) is 4.32. The van der Waals surface area contributed by atoms with Gasteiger partial charge in [0.25, 0.3) is 11.8 Å². The van der Waals surface area contributed by atoms with Crippen molar-refractivity contribution in [2.24, 2.45) is 0 Å². The predicted molar refractivity (Wildman–Crippen MR) is 95.9 cm³/mol. The zero-order valence-corrected chi connectivity index (χ0v) is 15.7. The lowest BCUT2D eigenvalue weighted by atomic mass is 10.1. The van der Waals surface area contributed by atoms with E-state index in [2.05, 4.69) is 15.9 Å². The number of hydrogen-bond donors (Lipinski definition) is 0. The van der Waals surface area contributed by atoms with Gasteiger partial charge < -0.3 is 19.0 Å². The van der Waals surface area contributed by atoms with E-state index in [0.717, 1.165) is 5.56 Å². The van der Waals surface area contributed by atoms with Crippen LogP contribution in [0.2, 0.25) is 0 Å². The minimum Gasteiger partial charge on any atom is -0.496 e. The molecule has 132 valence electrons. The highest BCUT2D eigenvalue weighted by molar-refractivity contribution is 9.10. The summed E-state index contributed by atoms with van der Waals surface area (Å²) in [6, 6.07) is 7.10. The quantitative estimate of drug-likeness (QED) is 0.785. The Hall–Kier alpha value is -2.28. The average molecular weight is 407 g/mol. The minimum absolute atomic E-state index is 0.0449. The first-order valence-electron chi connectivity index (χ1n) is 7.97. The average Bonchev–Trinajstić information content (AvgIpc) is 3.07. The van der Waals surface area contributed by atoms with Crippen LogP contribution in [0.1, 0.15) is 26.3 Å². The molecule has 0 aliphatic carbocycles. The first-order valence-corrected chi connectivity index (χ1v) is 8.76. The van der Waals surface area contributed by atoms with Crippen molar-refractivity contribution in [3.8, 4) is 5.75 Å². The van der Waals surface area contributed by atoms with Crippen molar-refractivity contribution in [3.05, 3.63) is 51.9 Å². The van der Waals surface area contributed by atoms with E-state index in [4.69, 9.17) is 9.15 Å². The summed E-state index contributed by atoms with van der Waals surface area (Å²) < 4.78 is 10.9. The third-order valence-corrected chi connectivity index (χ3v) is 4.74. The number of ether oxygens (including phenoxy) is 1. The fraction of sp³-hybridized carbons (Fsp3) is 0.333. The maximum atomic E-state index is 12.7. The molecule has 1 aliphatic heterocycles. The number of hydrogen-bond acceptors (Lipinski definition) is 4. The van der Waals surface area contributed by atoms with Crippen molar-refractivity contribution in [2.75, 3.05) is 33.3 Å². The molecule has 1 aliphatic rings. The number of aryl methyl sites for hydroxylation is 1. The second-order valence-corrected chi connectivity index (χ2v) is 6.69. The molecule has 0 spiro atoms. The van der Waals surface area contributed by atoms with Gasteiger partial charge in [0, 0.05) is 37.8 Å². The van der Waals surface area contributed by atoms with E-state index < -0.39 is 0 Å². The first kappa shape index (κ1) is 17.5. The fourth-order valence-electron chi connectivity index (χ4n) is 2.85. The van der Waals surface area contributed by atoms with Gasteiger partial charge in [0.15, 0.2) is 4.67 Å². The molecule has 0 bridgehead atoms. The Morgan fingerprint density at radius 3 is 2.16 bits per heavy atom. The van der Waals surface area contributed by atoms with E-state index in [0.29, 0.717) is 47.7 Å². The van der Waals surface area contributed by atoms with Gasteiger partial charge in [-0.3, -0.25) is 9.59 Å². The standard InChI is InChI=1S/C18H19BrN2O4/c1-12-3-4-13(9-15(12)24-2)17(22)20-5-7-21(8-6-20)18(23)14-10-16(19)25-11-14/h3-4,9-11H,5-8H2,1-2H3. The van der Waals surface area contributed by atoms with Crippen molar-refractivity contribution >= 4 is 27.7 Å². The number of methoxy groups -OCH3 is 1. The topological polar surface area (TPSA) is 63.0 Å². The summed E-state index contributed by atoms with van der Waals surface area (Å²) in [5.74, 6) is 0.570. The molecule has 6 nitrogen and oxygen atoms in total. The molecule has 1 fully saturated rings. The molecule has 0 atom stereocenters. The SMILES string of the molecule is COc1cc(C(=O)N2CCN(C(=O)c3coc(Br)c3)CC2)ccc1C. The highest BCUT2D eigenvalue weighted by Gasteiger charge is 2.26.